The third-order valence-corrected chi connectivity index (χ3v) is 5.66. The average Bonchev–Trinajstić information content (AvgIpc) is 3.21. The number of ether oxygens (including phenoxy) is 1. The zero-order valence-electron chi connectivity index (χ0n) is 18.9. The highest BCUT2D eigenvalue weighted by molar-refractivity contribution is 6.04. The van der Waals surface area contributed by atoms with Gasteiger partial charge < -0.3 is 14.6 Å². The van der Waals surface area contributed by atoms with Gasteiger partial charge in [-0.25, -0.2) is 15.0 Å². The molecule has 0 aliphatic rings. The van der Waals surface area contributed by atoms with E-state index in [1.165, 1.54) is 0 Å². The van der Waals surface area contributed by atoms with Gasteiger partial charge in [0.25, 0.3) is 5.91 Å². The molecule has 5 rings (SSSR count). The van der Waals surface area contributed by atoms with Crippen molar-refractivity contribution in [1.29, 1.82) is 0 Å². The van der Waals surface area contributed by atoms with E-state index in [0.29, 0.717) is 23.7 Å². The molecule has 0 spiro atoms. The third kappa shape index (κ3) is 4.49. The van der Waals surface area contributed by atoms with E-state index in [4.69, 9.17) is 9.72 Å². The number of aromatic nitrogens is 4. The fraction of sp³-hybridized carbons (Fsp3) is 0.111. The molecule has 168 valence electrons. The summed E-state index contributed by atoms with van der Waals surface area (Å²) >= 11 is 0. The molecule has 7 nitrogen and oxygen atoms in total. The summed E-state index contributed by atoms with van der Waals surface area (Å²) in [4.78, 5) is 26.2. The van der Waals surface area contributed by atoms with Crippen LogP contribution in [0.4, 0.5) is 5.82 Å². The molecule has 2 aromatic carbocycles. The summed E-state index contributed by atoms with van der Waals surface area (Å²) in [7, 11) is 1.96. The molecule has 0 saturated heterocycles. The first-order valence-corrected chi connectivity index (χ1v) is 10.9. The van der Waals surface area contributed by atoms with Gasteiger partial charge in [-0.2, -0.15) is 0 Å². The van der Waals surface area contributed by atoms with Crippen molar-refractivity contribution in [3.63, 3.8) is 0 Å². The Hall–Kier alpha value is -4.52. The Morgan fingerprint density at radius 3 is 2.50 bits per heavy atom. The largest absolute Gasteiger partial charge is 0.489 e. The van der Waals surface area contributed by atoms with Crippen molar-refractivity contribution in [1.82, 2.24) is 19.5 Å². The predicted molar refractivity (Wildman–Crippen MR) is 132 cm³/mol. The number of pyridine rings is 2. The Morgan fingerprint density at radius 1 is 0.971 bits per heavy atom. The maximum atomic E-state index is 12.8. The first kappa shape index (κ1) is 21.3. The fourth-order valence-electron chi connectivity index (χ4n) is 3.60. The highest BCUT2D eigenvalue weighted by atomic mass is 16.5. The SMILES string of the molecule is Cc1ncc(-c2ccc3cnc(NC(=O)c4ccc(OCc5ccccc5)cc4)cc3n2)n1C. The van der Waals surface area contributed by atoms with Crippen LogP contribution in [0.2, 0.25) is 0 Å². The number of carbonyl (C=O) groups is 1. The Morgan fingerprint density at radius 2 is 1.76 bits per heavy atom. The Bertz CT molecular complexity index is 1460. The molecule has 7 heteroatoms. The number of hydrogen-bond donors (Lipinski definition) is 1. The van der Waals surface area contributed by atoms with Gasteiger partial charge in [0.05, 0.1) is 23.1 Å². The van der Waals surface area contributed by atoms with Crippen LogP contribution in [-0.2, 0) is 13.7 Å². The monoisotopic (exact) mass is 449 g/mol. The number of hydrogen-bond acceptors (Lipinski definition) is 5. The molecular weight excluding hydrogens is 426 g/mol. The minimum absolute atomic E-state index is 0.250. The van der Waals surface area contributed by atoms with Crippen LogP contribution in [0.1, 0.15) is 21.7 Å². The third-order valence-electron chi connectivity index (χ3n) is 5.66. The van der Waals surface area contributed by atoms with Crippen LogP contribution < -0.4 is 10.1 Å². The topological polar surface area (TPSA) is 81.9 Å². The van der Waals surface area contributed by atoms with E-state index in [1.807, 2.05) is 61.0 Å². The number of anilines is 1. The molecule has 0 radical (unpaired) electrons. The summed E-state index contributed by atoms with van der Waals surface area (Å²) in [6.07, 6.45) is 3.51. The molecule has 0 atom stereocenters. The molecule has 3 heterocycles. The van der Waals surface area contributed by atoms with Crippen LogP contribution in [0.25, 0.3) is 22.3 Å². The lowest BCUT2D eigenvalue weighted by Crippen LogP contribution is -2.12. The minimum Gasteiger partial charge on any atom is -0.489 e. The maximum Gasteiger partial charge on any atom is 0.256 e. The van der Waals surface area contributed by atoms with Crippen molar-refractivity contribution >= 4 is 22.6 Å². The summed E-state index contributed by atoms with van der Waals surface area (Å²) in [5.74, 6) is 1.80. The molecule has 1 amide bonds. The van der Waals surface area contributed by atoms with Gasteiger partial charge in [0.15, 0.2) is 0 Å². The fourth-order valence-corrected chi connectivity index (χ4v) is 3.60. The van der Waals surface area contributed by atoms with Gasteiger partial charge in [0.2, 0.25) is 0 Å². The van der Waals surface area contributed by atoms with Crippen molar-refractivity contribution < 1.29 is 9.53 Å². The van der Waals surface area contributed by atoms with Gasteiger partial charge in [-0.3, -0.25) is 4.79 Å². The van der Waals surface area contributed by atoms with Crippen molar-refractivity contribution in [2.24, 2.45) is 7.05 Å². The number of rotatable bonds is 6. The number of imidazole rings is 1. The quantitative estimate of drug-likeness (QED) is 0.387. The molecule has 34 heavy (non-hydrogen) atoms. The van der Waals surface area contributed by atoms with Gasteiger partial charge in [-0.05, 0) is 48.9 Å². The van der Waals surface area contributed by atoms with Gasteiger partial charge >= 0.3 is 0 Å². The number of amides is 1. The molecule has 0 bridgehead atoms. The maximum absolute atomic E-state index is 12.8. The number of fused-ring (bicyclic) bond motifs is 1. The summed E-state index contributed by atoms with van der Waals surface area (Å²) < 4.78 is 7.78. The van der Waals surface area contributed by atoms with Crippen LogP contribution >= 0.6 is 0 Å². The Balaban J connectivity index is 1.29. The van der Waals surface area contributed by atoms with E-state index < -0.39 is 0 Å². The van der Waals surface area contributed by atoms with Crippen LogP contribution in [0.3, 0.4) is 0 Å². The number of nitrogens with one attached hydrogen (secondary N) is 1. The van der Waals surface area contributed by atoms with Crippen LogP contribution in [0.5, 0.6) is 5.75 Å². The van der Waals surface area contributed by atoms with E-state index in [2.05, 4.69) is 15.3 Å². The molecule has 5 aromatic rings. The summed E-state index contributed by atoms with van der Waals surface area (Å²) in [6, 6.07) is 22.7. The molecular formula is C27H23N5O2. The average molecular weight is 450 g/mol. The van der Waals surface area contributed by atoms with Crippen LogP contribution in [0.15, 0.2) is 85.2 Å². The van der Waals surface area contributed by atoms with Crippen molar-refractivity contribution in [3.8, 4) is 17.1 Å². The van der Waals surface area contributed by atoms with E-state index in [0.717, 1.165) is 33.7 Å². The molecule has 0 saturated carbocycles. The first-order chi connectivity index (χ1) is 16.6. The summed E-state index contributed by atoms with van der Waals surface area (Å²) in [5.41, 5.74) is 4.08. The van der Waals surface area contributed by atoms with E-state index >= 15 is 0 Å². The lowest BCUT2D eigenvalue weighted by atomic mass is 10.2. The standard InChI is InChI=1S/C27H23N5O2/c1-18-28-16-25(32(18)2)23-13-10-21-15-29-26(14-24(21)30-23)31-27(33)20-8-11-22(12-9-20)34-17-19-6-4-3-5-7-19/h3-16H,17H2,1-2H3,(H,29,31,33). The summed E-state index contributed by atoms with van der Waals surface area (Å²) in [6.45, 7) is 2.42. The smallest absolute Gasteiger partial charge is 0.256 e. The second-order valence-corrected chi connectivity index (χ2v) is 7.96. The normalized spacial score (nSPS) is 10.9. The number of aryl methyl sites for hydroxylation is 1. The Labute approximate surface area is 197 Å². The number of benzene rings is 2. The van der Waals surface area contributed by atoms with E-state index in [-0.39, 0.29) is 5.91 Å². The second-order valence-electron chi connectivity index (χ2n) is 7.96. The molecule has 0 aliphatic heterocycles. The Kier molecular flexibility index (Phi) is 5.74. The zero-order chi connectivity index (χ0) is 23.5. The second kappa shape index (κ2) is 9.15. The van der Waals surface area contributed by atoms with E-state index in [1.54, 1.807) is 42.7 Å². The molecule has 1 N–H and O–H groups in total. The van der Waals surface area contributed by atoms with Gasteiger partial charge in [-0.1, -0.05) is 30.3 Å². The van der Waals surface area contributed by atoms with Gasteiger partial charge in [0, 0.05) is 30.3 Å². The molecule has 3 aromatic heterocycles. The highest BCUT2D eigenvalue weighted by Crippen LogP contribution is 2.23. The van der Waals surface area contributed by atoms with Crippen LogP contribution in [-0.4, -0.2) is 25.4 Å². The highest BCUT2D eigenvalue weighted by Gasteiger charge is 2.11. The molecule has 0 unspecified atom stereocenters. The summed E-state index contributed by atoms with van der Waals surface area (Å²) in [5, 5.41) is 3.74. The van der Waals surface area contributed by atoms with Gasteiger partial charge in [-0.15, -0.1) is 0 Å². The minimum atomic E-state index is -0.250. The van der Waals surface area contributed by atoms with Crippen molar-refractivity contribution in [2.45, 2.75) is 13.5 Å². The van der Waals surface area contributed by atoms with Crippen molar-refractivity contribution in [2.75, 3.05) is 5.32 Å². The van der Waals surface area contributed by atoms with Crippen molar-refractivity contribution in [3.05, 3.63) is 102 Å². The molecule has 0 aliphatic carbocycles. The lowest BCUT2D eigenvalue weighted by molar-refractivity contribution is 0.102. The van der Waals surface area contributed by atoms with Gasteiger partial charge in [0.1, 0.15) is 24.0 Å². The number of nitrogens with zero attached hydrogens (tertiary/aromatic N) is 4. The predicted octanol–water partition coefficient (Wildman–Crippen LogP) is 5.17. The lowest BCUT2D eigenvalue weighted by Gasteiger charge is -2.09. The first-order valence-electron chi connectivity index (χ1n) is 10.9. The van der Waals surface area contributed by atoms with Crippen LogP contribution in [0, 0.1) is 6.92 Å². The molecule has 0 fully saturated rings. The number of carbonyl (C=O) groups excluding carboxylic acids is 1. The van der Waals surface area contributed by atoms with E-state index in [9.17, 15) is 4.79 Å². The zero-order valence-corrected chi connectivity index (χ0v) is 18.9.